The van der Waals surface area contributed by atoms with E-state index in [-0.39, 0.29) is 17.7 Å². The molecule has 1 aromatic carbocycles. The number of benzene rings is 1. The predicted molar refractivity (Wildman–Crippen MR) is 80.0 cm³/mol. The Morgan fingerprint density at radius 3 is 2.60 bits per heavy atom. The fourth-order valence-electron chi connectivity index (χ4n) is 2.04. The average Bonchev–Trinajstić information content (AvgIpc) is 2.44. The number of carbonyl (C=O) groups excluding carboxylic acids is 2. The third-order valence-electron chi connectivity index (χ3n) is 3.33. The Balaban J connectivity index is 2.46. The van der Waals surface area contributed by atoms with Crippen LogP contribution in [0.2, 0.25) is 0 Å². The molecule has 0 aromatic heterocycles. The second-order valence-electron chi connectivity index (χ2n) is 4.99. The van der Waals surface area contributed by atoms with Crippen molar-refractivity contribution in [1.29, 1.82) is 0 Å². The largest absolute Gasteiger partial charge is 0.399 e. The minimum atomic E-state index is -0.212. The number of aryl methyl sites for hydroxylation is 1. The van der Waals surface area contributed by atoms with Crippen molar-refractivity contribution in [1.82, 2.24) is 10.2 Å². The van der Waals surface area contributed by atoms with E-state index < -0.39 is 0 Å². The molecule has 1 unspecified atom stereocenters. The average molecular weight is 277 g/mol. The van der Waals surface area contributed by atoms with Gasteiger partial charge in [-0.3, -0.25) is 9.59 Å². The first-order valence-electron chi connectivity index (χ1n) is 6.74. The van der Waals surface area contributed by atoms with E-state index >= 15 is 0 Å². The Bertz CT molecular complexity index is 474. The Labute approximate surface area is 120 Å². The number of hydrogen-bond acceptors (Lipinski definition) is 3. The number of nitrogens with one attached hydrogen (secondary N) is 1. The predicted octanol–water partition coefficient (Wildman–Crippen LogP) is 1.04. The number of hydrogen-bond donors (Lipinski definition) is 2. The molecular weight excluding hydrogens is 254 g/mol. The van der Waals surface area contributed by atoms with Crippen molar-refractivity contribution in [2.45, 2.75) is 19.8 Å². The normalized spacial score (nSPS) is 11.8. The van der Waals surface area contributed by atoms with Crippen LogP contribution in [0.5, 0.6) is 0 Å². The van der Waals surface area contributed by atoms with Gasteiger partial charge in [0.05, 0.1) is 5.92 Å². The summed E-state index contributed by atoms with van der Waals surface area (Å²) in [5.41, 5.74) is 7.53. The van der Waals surface area contributed by atoms with E-state index in [0.29, 0.717) is 25.1 Å². The molecule has 2 amide bonds. The molecule has 0 radical (unpaired) electrons. The Morgan fingerprint density at radius 1 is 1.35 bits per heavy atom. The van der Waals surface area contributed by atoms with Crippen LogP contribution in [0.25, 0.3) is 0 Å². The minimum Gasteiger partial charge on any atom is -0.399 e. The van der Waals surface area contributed by atoms with E-state index in [1.807, 2.05) is 24.3 Å². The number of amides is 2. The smallest absolute Gasteiger partial charge is 0.224 e. The maximum atomic E-state index is 12.0. The first kappa shape index (κ1) is 16.0. The van der Waals surface area contributed by atoms with Gasteiger partial charge in [-0.25, -0.2) is 0 Å². The number of nitrogens with zero attached hydrogens (tertiary/aromatic N) is 1. The third-order valence-corrected chi connectivity index (χ3v) is 3.33. The second kappa shape index (κ2) is 7.53. The van der Waals surface area contributed by atoms with E-state index in [2.05, 4.69) is 5.32 Å². The maximum absolute atomic E-state index is 12.0. The summed E-state index contributed by atoms with van der Waals surface area (Å²) in [6.45, 7) is 2.22. The lowest BCUT2D eigenvalue weighted by molar-refractivity contribution is -0.132. The molecule has 0 fully saturated rings. The molecule has 0 saturated carbocycles. The topological polar surface area (TPSA) is 75.4 Å². The van der Waals surface area contributed by atoms with Gasteiger partial charge in [-0.05, 0) is 18.1 Å². The second-order valence-corrected chi connectivity index (χ2v) is 4.99. The summed E-state index contributed by atoms with van der Waals surface area (Å²) in [5, 5.41) is 2.58. The van der Waals surface area contributed by atoms with Crippen molar-refractivity contribution >= 4 is 17.5 Å². The van der Waals surface area contributed by atoms with Crippen molar-refractivity contribution in [2.75, 3.05) is 26.4 Å². The Hall–Kier alpha value is -2.04. The quantitative estimate of drug-likeness (QED) is 0.763. The number of nitrogens with two attached hydrogens (primary N) is 1. The van der Waals surface area contributed by atoms with E-state index in [9.17, 15) is 9.59 Å². The molecule has 1 atom stereocenters. The van der Waals surface area contributed by atoms with E-state index in [1.54, 1.807) is 25.9 Å². The first-order valence-corrected chi connectivity index (χ1v) is 6.74. The summed E-state index contributed by atoms with van der Waals surface area (Å²) in [6, 6.07) is 7.54. The van der Waals surface area contributed by atoms with Gasteiger partial charge >= 0.3 is 0 Å². The standard InChI is InChI=1S/C15H23N3O2/c1-11(15(20)17-2)10-18(3)14(19)9-8-12-6-4-5-7-13(12)16/h4-7,11H,8-10,16H2,1-3H3,(H,17,20). The van der Waals surface area contributed by atoms with Gasteiger partial charge < -0.3 is 16.0 Å². The number of anilines is 1. The van der Waals surface area contributed by atoms with Gasteiger partial charge in [0, 0.05) is 32.7 Å². The van der Waals surface area contributed by atoms with Crippen molar-refractivity contribution < 1.29 is 9.59 Å². The molecule has 20 heavy (non-hydrogen) atoms. The Kier molecular flexibility index (Phi) is 6.03. The fraction of sp³-hybridized carbons (Fsp3) is 0.467. The van der Waals surface area contributed by atoms with Crippen LogP contribution in [-0.2, 0) is 16.0 Å². The third kappa shape index (κ3) is 4.57. The molecule has 0 saturated heterocycles. The van der Waals surface area contributed by atoms with Crippen molar-refractivity contribution in [3.8, 4) is 0 Å². The van der Waals surface area contributed by atoms with E-state index in [1.165, 1.54) is 0 Å². The van der Waals surface area contributed by atoms with Crippen LogP contribution in [0.3, 0.4) is 0 Å². The molecule has 1 aromatic rings. The van der Waals surface area contributed by atoms with Gasteiger partial charge in [-0.2, -0.15) is 0 Å². The molecule has 0 spiro atoms. The molecule has 5 heteroatoms. The summed E-state index contributed by atoms with van der Waals surface area (Å²) in [5.74, 6) is -0.253. The molecular formula is C15H23N3O2. The zero-order valence-electron chi connectivity index (χ0n) is 12.3. The van der Waals surface area contributed by atoms with Crippen molar-refractivity contribution in [2.24, 2.45) is 5.92 Å². The monoisotopic (exact) mass is 277 g/mol. The van der Waals surface area contributed by atoms with Gasteiger partial charge in [0.25, 0.3) is 0 Å². The van der Waals surface area contributed by atoms with E-state index in [0.717, 1.165) is 5.56 Å². The van der Waals surface area contributed by atoms with Gasteiger partial charge in [-0.1, -0.05) is 25.1 Å². The minimum absolute atomic E-state index is 0.0176. The molecule has 0 bridgehead atoms. The maximum Gasteiger partial charge on any atom is 0.224 e. The van der Waals surface area contributed by atoms with Crippen molar-refractivity contribution in [3.63, 3.8) is 0 Å². The van der Waals surface area contributed by atoms with E-state index in [4.69, 9.17) is 5.73 Å². The first-order chi connectivity index (χ1) is 9.45. The molecule has 0 aliphatic rings. The summed E-state index contributed by atoms with van der Waals surface area (Å²) < 4.78 is 0. The van der Waals surface area contributed by atoms with Crippen LogP contribution >= 0.6 is 0 Å². The number of rotatable bonds is 6. The highest BCUT2D eigenvalue weighted by atomic mass is 16.2. The summed E-state index contributed by atoms with van der Waals surface area (Å²) in [7, 11) is 3.31. The Morgan fingerprint density at radius 2 is 2.00 bits per heavy atom. The number of carbonyl (C=O) groups is 2. The molecule has 1 rings (SSSR count). The molecule has 110 valence electrons. The van der Waals surface area contributed by atoms with Gasteiger partial charge in [0.15, 0.2) is 0 Å². The molecule has 0 aliphatic heterocycles. The zero-order valence-corrected chi connectivity index (χ0v) is 12.3. The number of para-hydroxylation sites is 1. The van der Waals surface area contributed by atoms with Crippen LogP contribution in [-0.4, -0.2) is 37.4 Å². The lowest BCUT2D eigenvalue weighted by Crippen LogP contribution is -2.37. The number of nitrogen functional groups attached to an aromatic ring is 1. The fourth-order valence-corrected chi connectivity index (χ4v) is 2.04. The molecule has 0 aliphatic carbocycles. The SMILES string of the molecule is CNC(=O)C(C)CN(C)C(=O)CCc1ccccc1N. The lowest BCUT2D eigenvalue weighted by atomic mass is 10.1. The van der Waals surface area contributed by atoms with Gasteiger partial charge in [0.2, 0.25) is 11.8 Å². The van der Waals surface area contributed by atoms with Crippen LogP contribution in [0.15, 0.2) is 24.3 Å². The highest BCUT2D eigenvalue weighted by molar-refractivity contribution is 5.80. The van der Waals surface area contributed by atoms with Crippen LogP contribution in [0, 0.1) is 5.92 Å². The molecule has 5 nitrogen and oxygen atoms in total. The lowest BCUT2D eigenvalue weighted by Gasteiger charge is -2.21. The zero-order chi connectivity index (χ0) is 15.1. The van der Waals surface area contributed by atoms with Crippen LogP contribution in [0.4, 0.5) is 5.69 Å². The molecule has 3 N–H and O–H groups in total. The highest BCUT2D eigenvalue weighted by Crippen LogP contribution is 2.13. The summed E-state index contributed by atoms with van der Waals surface area (Å²) >= 11 is 0. The van der Waals surface area contributed by atoms with Gasteiger partial charge in [0.1, 0.15) is 0 Å². The summed E-state index contributed by atoms with van der Waals surface area (Å²) in [4.78, 5) is 25.1. The summed E-state index contributed by atoms with van der Waals surface area (Å²) in [6.07, 6.45) is 1.01. The van der Waals surface area contributed by atoms with Crippen LogP contribution in [0.1, 0.15) is 18.9 Å². The van der Waals surface area contributed by atoms with Crippen LogP contribution < -0.4 is 11.1 Å². The van der Waals surface area contributed by atoms with Crippen molar-refractivity contribution in [3.05, 3.63) is 29.8 Å². The molecule has 0 heterocycles. The van der Waals surface area contributed by atoms with Gasteiger partial charge in [-0.15, -0.1) is 0 Å². The highest BCUT2D eigenvalue weighted by Gasteiger charge is 2.17.